The standard InChI is InChI=1S/C22H28F2N4O3/c1-13(2)20(25-21(29)19-17(23)6-5-7-18(19)24)22(30)28-10-8-27(9-11-28)12-16-14(3)26-31-15(16)4/h5-7,13,20H,8-12H2,1-4H3,(H,25,29). The van der Waals surface area contributed by atoms with Gasteiger partial charge in [0.05, 0.1) is 5.69 Å². The number of carbonyl (C=O) groups is 2. The highest BCUT2D eigenvalue weighted by molar-refractivity contribution is 5.98. The predicted octanol–water partition coefficient (Wildman–Crippen LogP) is 2.67. The van der Waals surface area contributed by atoms with Gasteiger partial charge in [-0.3, -0.25) is 14.5 Å². The molecule has 1 saturated heterocycles. The molecule has 0 saturated carbocycles. The summed E-state index contributed by atoms with van der Waals surface area (Å²) in [5.74, 6) is -2.55. The average molecular weight is 434 g/mol. The van der Waals surface area contributed by atoms with Crippen LogP contribution in [0.4, 0.5) is 8.78 Å². The van der Waals surface area contributed by atoms with Gasteiger partial charge in [0.2, 0.25) is 5.91 Å². The normalized spacial score (nSPS) is 15.9. The van der Waals surface area contributed by atoms with Crippen molar-refractivity contribution in [2.24, 2.45) is 5.92 Å². The monoisotopic (exact) mass is 434 g/mol. The Kier molecular flexibility index (Phi) is 7.04. The highest BCUT2D eigenvalue weighted by atomic mass is 19.1. The maximum absolute atomic E-state index is 14.0. The van der Waals surface area contributed by atoms with Crippen molar-refractivity contribution >= 4 is 11.8 Å². The van der Waals surface area contributed by atoms with Crippen LogP contribution in [0.2, 0.25) is 0 Å². The summed E-state index contributed by atoms with van der Waals surface area (Å²) in [6.45, 7) is 10.4. The summed E-state index contributed by atoms with van der Waals surface area (Å²) >= 11 is 0. The van der Waals surface area contributed by atoms with E-state index < -0.39 is 29.1 Å². The first-order chi connectivity index (χ1) is 14.7. The number of hydrogen-bond acceptors (Lipinski definition) is 5. The lowest BCUT2D eigenvalue weighted by atomic mass is 10.0. The minimum absolute atomic E-state index is 0.244. The van der Waals surface area contributed by atoms with Gasteiger partial charge in [0, 0.05) is 38.3 Å². The maximum atomic E-state index is 14.0. The average Bonchev–Trinajstić information content (AvgIpc) is 3.04. The molecule has 0 radical (unpaired) electrons. The number of amides is 2. The van der Waals surface area contributed by atoms with Crippen molar-refractivity contribution < 1.29 is 22.9 Å². The van der Waals surface area contributed by atoms with E-state index in [0.29, 0.717) is 32.7 Å². The van der Waals surface area contributed by atoms with Crippen molar-refractivity contribution in [1.82, 2.24) is 20.3 Å². The molecule has 1 fully saturated rings. The molecular formula is C22H28F2N4O3. The number of rotatable bonds is 6. The van der Waals surface area contributed by atoms with Crippen LogP contribution in [0.15, 0.2) is 22.7 Å². The van der Waals surface area contributed by atoms with Crippen molar-refractivity contribution in [2.45, 2.75) is 40.3 Å². The van der Waals surface area contributed by atoms with E-state index in [9.17, 15) is 18.4 Å². The van der Waals surface area contributed by atoms with Crippen LogP contribution in [0, 0.1) is 31.4 Å². The summed E-state index contributed by atoms with van der Waals surface area (Å²) in [4.78, 5) is 29.5. The highest BCUT2D eigenvalue weighted by Crippen LogP contribution is 2.18. The number of nitrogens with one attached hydrogen (secondary N) is 1. The molecule has 7 nitrogen and oxygen atoms in total. The Bertz CT molecular complexity index is 912. The second-order valence-corrected chi connectivity index (χ2v) is 8.20. The van der Waals surface area contributed by atoms with Crippen molar-refractivity contribution in [2.75, 3.05) is 26.2 Å². The molecule has 1 unspecified atom stereocenters. The summed E-state index contributed by atoms with van der Waals surface area (Å²) < 4.78 is 33.1. The van der Waals surface area contributed by atoms with E-state index in [1.165, 1.54) is 6.07 Å². The van der Waals surface area contributed by atoms with Gasteiger partial charge in [-0.1, -0.05) is 25.1 Å². The van der Waals surface area contributed by atoms with Crippen LogP contribution in [-0.2, 0) is 11.3 Å². The first kappa shape index (κ1) is 22.9. The fourth-order valence-electron chi connectivity index (χ4n) is 3.72. The number of piperazine rings is 1. The Hall–Kier alpha value is -2.81. The van der Waals surface area contributed by atoms with E-state index >= 15 is 0 Å². The van der Waals surface area contributed by atoms with E-state index in [0.717, 1.165) is 29.2 Å². The molecule has 1 aromatic heterocycles. The summed E-state index contributed by atoms with van der Waals surface area (Å²) in [5, 5.41) is 6.50. The molecule has 2 amide bonds. The number of nitrogens with zero attached hydrogens (tertiary/aromatic N) is 3. The molecule has 1 aliphatic heterocycles. The van der Waals surface area contributed by atoms with Crippen LogP contribution in [0.1, 0.15) is 41.2 Å². The molecule has 0 bridgehead atoms. The molecule has 168 valence electrons. The molecule has 2 heterocycles. The summed E-state index contributed by atoms with van der Waals surface area (Å²) in [7, 11) is 0. The number of aromatic nitrogens is 1. The third-order valence-corrected chi connectivity index (χ3v) is 5.66. The Morgan fingerprint density at radius 1 is 1.13 bits per heavy atom. The lowest BCUT2D eigenvalue weighted by molar-refractivity contribution is -0.136. The second-order valence-electron chi connectivity index (χ2n) is 8.20. The lowest BCUT2D eigenvalue weighted by Gasteiger charge is -2.37. The zero-order valence-corrected chi connectivity index (χ0v) is 18.2. The molecule has 1 aromatic carbocycles. The smallest absolute Gasteiger partial charge is 0.257 e. The Morgan fingerprint density at radius 2 is 1.74 bits per heavy atom. The summed E-state index contributed by atoms with van der Waals surface area (Å²) in [6.07, 6.45) is 0. The van der Waals surface area contributed by atoms with E-state index in [1.54, 1.807) is 18.7 Å². The fourth-order valence-corrected chi connectivity index (χ4v) is 3.72. The fraction of sp³-hybridized carbons (Fsp3) is 0.500. The lowest BCUT2D eigenvalue weighted by Crippen LogP contribution is -2.56. The van der Waals surface area contributed by atoms with Gasteiger partial charge in [0.25, 0.3) is 5.91 Å². The Morgan fingerprint density at radius 3 is 2.26 bits per heavy atom. The molecule has 1 N–H and O–H groups in total. The minimum Gasteiger partial charge on any atom is -0.361 e. The zero-order chi connectivity index (χ0) is 22.7. The van der Waals surface area contributed by atoms with E-state index in [4.69, 9.17) is 4.52 Å². The van der Waals surface area contributed by atoms with Crippen LogP contribution in [0.5, 0.6) is 0 Å². The first-order valence-corrected chi connectivity index (χ1v) is 10.4. The van der Waals surface area contributed by atoms with Crippen LogP contribution in [-0.4, -0.2) is 59.0 Å². The van der Waals surface area contributed by atoms with Gasteiger partial charge in [-0.05, 0) is 31.9 Å². The van der Waals surface area contributed by atoms with Crippen LogP contribution in [0.3, 0.4) is 0 Å². The number of hydrogen-bond donors (Lipinski definition) is 1. The Labute approximate surface area is 180 Å². The van der Waals surface area contributed by atoms with E-state index in [-0.39, 0.29) is 11.8 Å². The van der Waals surface area contributed by atoms with Gasteiger partial charge in [0.15, 0.2) is 0 Å². The molecule has 2 aromatic rings. The molecule has 0 aliphatic carbocycles. The molecule has 1 atom stereocenters. The van der Waals surface area contributed by atoms with Crippen LogP contribution >= 0.6 is 0 Å². The number of carbonyl (C=O) groups excluding carboxylic acids is 2. The number of aryl methyl sites for hydroxylation is 2. The largest absolute Gasteiger partial charge is 0.361 e. The molecule has 31 heavy (non-hydrogen) atoms. The van der Waals surface area contributed by atoms with Gasteiger partial charge in [-0.2, -0.15) is 0 Å². The molecule has 9 heteroatoms. The van der Waals surface area contributed by atoms with Gasteiger partial charge in [-0.15, -0.1) is 0 Å². The molecule has 1 aliphatic rings. The van der Waals surface area contributed by atoms with Crippen molar-refractivity contribution in [3.63, 3.8) is 0 Å². The summed E-state index contributed by atoms with van der Waals surface area (Å²) in [5.41, 5.74) is 1.24. The third-order valence-electron chi connectivity index (χ3n) is 5.66. The first-order valence-electron chi connectivity index (χ1n) is 10.4. The quantitative estimate of drug-likeness (QED) is 0.756. The van der Waals surface area contributed by atoms with Gasteiger partial charge in [-0.25, -0.2) is 8.78 Å². The van der Waals surface area contributed by atoms with Gasteiger partial charge < -0.3 is 14.7 Å². The SMILES string of the molecule is Cc1noc(C)c1CN1CCN(C(=O)C(NC(=O)c2c(F)cccc2F)C(C)C)CC1. The van der Waals surface area contributed by atoms with Crippen molar-refractivity contribution in [3.05, 3.63) is 52.4 Å². The third kappa shape index (κ3) is 5.10. The van der Waals surface area contributed by atoms with Crippen molar-refractivity contribution in [1.29, 1.82) is 0 Å². The van der Waals surface area contributed by atoms with E-state index in [2.05, 4.69) is 15.4 Å². The number of halogens is 2. The number of benzene rings is 1. The topological polar surface area (TPSA) is 78.7 Å². The molecule has 3 rings (SSSR count). The summed E-state index contributed by atoms with van der Waals surface area (Å²) in [6, 6.07) is 2.35. The van der Waals surface area contributed by atoms with Crippen LogP contribution in [0.25, 0.3) is 0 Å². The second kappa shape index (κ2) is 9.55. The molecular weight excluding hydrogens is 406 g/mol. The van der Waals surface area contributed by atoms with E-state index in [1.807, 2.05) is 13.8 Å². The van der Waals surface area contributed by atoms with Crippen molar-refractivity contribution in [3.8, 4) is 0 Å². The van der Waals surface area contributed by atoms with Crippen LogP contribution < -0.4 is 5.32 Å². The Balaban J connectivity index is 1.63. The molecule has 0 spiro atoms. The highest BCUT2D eigenvalue weighted by Gasteiger charge is 2.32. The maximum Gasteiger partial charge on any atom is 0.257 e. The predicted molar refractivity (Wildman–Crippen MR) is 110 cm³/mol. The minimum atomic E-state index is -0.958. The van der Waals surface area contributed by atoms with Gasteiger partial charge in [0.1, 0.15) is 29.0 Å². The van der Waals surface area contributed by atoms with Gasteiger partial charge >= 0.3 is 0 Å². The zero-order valence-electron chi connectivity index (χ0n) is 18.2.